The monoisotopic (exact) mass is 312 g/mol. The minimum absolute atomic E-state index is 0.0236. The van der Waals surface area contributed by atoms with E-state index >= 15 is 0 Å². The topological polar surface area (TPSA) is 79.9 Å². The maximum absolute atomic E-state index is 12.8. The SMILES string of the molecule is O=c1ncc(S(=O)(=O)c2ccccc2)c(-c2ccccc2)[nH]1. The number of rotatable bonds is 3. The van der Waals surface area contributed by atoms with Gasteiger partial charge in [-0.05, 0) is 17.7 Å². The Kier molecular flexibility index (Phi) is 3.60. The highest BCUT2D eigenvalue weighted by molar-refractivity contribution is 7.91. The number of nitrogens with zero attached hydrogens (tertiary/aromatic N) is 1. The predicted molar refractivity (Wildman–Crippen MR) is 82.2 cm³/mol. The minimum Gasteiger partial charge on any atom is -0.304 e. The van der Waals surface area contributed by atoms with E-state index in [9.17, 15) is 13.2 Å². The third kappa shape index (κ3) is 2.56. The Morgan fingerprint density at radius 2 is 1.45 bits per heavy atom. The lowest BCUT2D eigenvalue weighted by atomic mass is 10.1. The van der Waals surface area contributed by atoms with Crippen molar-refractivity contribution >= 4 is 9.84 Å². The molecule has 3 rings (SSSR count). The molecule has 1 heterocycles. The molecule has 5 nitrogen and oxygen atoms in total. The van der Waals surface area contributed by atoms with Crippen LogP contribution in [0.1, 0.15) is 0 Å². The molecule has 0 bridgehead atoms. The molecular formula is C16H12N2O3S. The van der Waals surface area contributed by atoms with Gasteiger partial charge in [-0.3, -0.25) is 0 Å². The maximum atomic E-state index is 12.8. The fourth-order valence-electron chi connectivity index (χ4n) is 2.13. The second kappa shape index (κ2) is 5.57. The summed E-state index contributed by atoms with van der Waals surface area (Å²) in [6.45, 7) is 0. The van der Waals surface area contributed by atoms with Gasteiger partial charge in [0.2, 0.25) is 9.84 Å². The van der Waals surface area contributed by atoms with Crippen molar-refractivity contribution < 1.29 is 8.42 Å². The maximum Gasteiger partial charge on any atom is 0.345 e. The van der Waals surface area contributed by atoms with Crippen LogP contribution < -0.4 is 5.69 Å². The van der Waals surface area contributed by atoms with Crippen molar-refractivity contribution in [2.24, 2.45) is 0 Å². The van der Waals surface area contributed by atoms with Gasteiger partial charge < -0.3 is 4.98 Å². The van der Waals surface area contributed by atoms with Gasteiger partial charge in [-0.25, -0.2) is 18.2 Å². The molecular weight excluding hydrogens is 300 g/mol. The highest BCUT2D eigenvalue weighted by atomic mass is 32.2. The van der Waals surface area contributed by atoms with E-state index in [0.717, 1.165) is 6.20 Å². The molecule has 0 aliphatic carbocycles. The van der Waals surface area contributed by atoms with Crippen molar-refractivity contribution in [2.75, 3.05) is 0 Å². The Labute approximate surface area is 127 Å². The van der Waals surface area contributed by atoms with Crippen LogP contribution in [0.5, 0.6) is 0 Å². The molecule has 0 unspecified atom stereocenters. The molecule has 22 heavy (non-hydrogen) atoms. The van der Waals surface area contributed by atoms with Crippen molar-refractivity contribution in [3.8, 4) is 11.3 Å². The van der Waals surface area contributed by atoms with Crippen LogP contribution in [0.2, 0.25) is 0 Å². The summed E-state index contributed by atoms with van der Waals surface area (Å²) in [7, 11) is -3.77. The van der Waals surface area contributed by atoms with Crippen molar-refractivity contribution in [3.63, 3.8) is 0 Å². The number of H-pyrrole nitrogens is 1. The van der Waals surface area contributed by atoms with E-state index in [0.29, 0.717) is 5.56 Å². The first-order valence-electron chi connectivity index (χ1n) is 6.54. The molecule has 110 valence electrons. The van der Waals surface area contributed by atoms with Crippen molar-refractivity contribution in [3.05, 3.63) is 77.3 Å². The smallest absolute Gasteiger partial charge is 0.304 e. The van der Waals surface area contributed by atoms with Crippen molar-refractivity contribution in [2.45, 2.75) is 9.79 Å². The van der Waals surface area contributed by atoms with Crippen LogP contribution in [0.25, 0.3) is 11.3 Å². The van der Waals surface area contributed by atoms with Gasteiger partial charge in [-0.15, -0.1) is 0 Å². The van der Waals surface area contributed by atoms with Gasteiger partial charge in [0, 0.05) is 0 Å². The van der Waals surface area contributed by atoms with Crippen LogP contribution in [-0.4, -0.2) is 18.4 Å². The number of hydrogen-bond donors (Lipinski definition) is 1. The van der Waals surface area contributed by atoms with E-state index in [1.54, 1.807) is 42.5 Å². The van der Waals surface area contributed by atoms with Gasteiger partial charge in [0.1, 0.15) is 4.90 Å². The van der Waals surface area contributed by atoms with Gasteiger partial charge in [0.15, 0.2) is 0 Å². The molecule has 0 fully saturated rings. The van der Waals surface area contributed by atoms with Gasteiger partial charge >= 0.3 is 5.69 Å². The van der Waals surface area contributed by atoms with Gasteiger partial charge in [-0.2, -0.15) is 0 Å². The lowest BCUT2D eigenvalue weighted by Crippen LogP contribution is -2.15. The summed E-state index contributed by atoms with van der Waals surface area (Å²) in [5, 5.41) is 0. The molecule has 6 heteroatoms. The van der Waals surface area contributed by atoms with Crippen LogP contribution >= 0.6 is 0 Å². The van der Waals surface area contributed by atoms with Crippen molar-refractivity contribution in [1.82, 2.24) is 9.97 Å². The molecule has 0 aliphatic heterocycles. The average Bonchev–Trinajstić information content (AvgIpc) is 2.56. The highest BCUT2D eigenvalue weighted by Crippen LogP contribution is 2.28. The third-order valence-electron chi connectivity index (χ3n) is 3.18. The van der Waals surface area contributed by atoms with Gasteiger partial charge in [-0.1, -0.05) is 48.5 Å². The quantitative estimate of drug-likeness (QED) is 0.804. The number of aromatic amines is 1. The highest BCUT2D eigenvalue weighted by Gasteiger charge is 2.23. The zero-order valence-electron chi connectivity index (χ0n) is 11.4. The summed E-state index contributed by atoms with van der Waals surface area (Å²) < 4.78 is 25.6. The number of benzene rings is 2. The summed E-state index contributed by atoms with van der Waals surface area (Å²) >= 11 is 0. The molecule has 0 radical (unpaired) electrons. The zero-order valence-corrected chi connectivity index (χ0v) is 12.2. The van der Waals surface area contributed by atoms with Crippen LogP contribution in [0.4, 0.5) is 0 Å². The number of nitrogens with one attached hydrogen (secondary N) is 1. The van der Waals surface area contributed by atoms with Crippen molar-refractivity contribution in [1.29, 1.82) is 0 Å². The zero-order chi connectivity index (χ0) is 15.6. The largest absolute Gasteiger partial charge is 0.345 e. The van der Waals surface area contributed by atoms with Crippen LogP contribution in [0.3, 0.4) is 0 Å². The van der Waals surface area contributed by atoms with E-state index in [4.69, 9.17) is 0 Å². The Morgan fingerprint density at radius 3 is 2.09 bits per heavy atom. The number of aromatic nitrogens is 2. The Hall–Kier alpha value is -2.73. The standard InChI is InChI=1S/C16H12N2O3S/c19-16-17-11-14(15(18-16)12-7-3-1-4-8-12)22(20,21)13-9-5-2-6-10-13/h1-11H,(H,17,18,19). The second-order valence-electron chi connectivity index (χ2n) is 4.61. The molecule has 0 atom stereocenters. The molecule has 3 aromatic rings. The Balaban J connectivity index is 2.27. The van der Waals surface area contributed by atoms with Crippen LogP contribution in [0.15, 0.2) is 81.4 Å². The molecule has 1 aromatic heterocycles. The van der Waals surface area contributed by atoms with Gasteiger partial charge in [0.25, 0.3) is 0 Å². The van der Waals surface area contributed by atoms with E-state index < -0.39 is 15.5 Å². The molecule has 0 spiro atoms. The molecule has 0 saturated carbocycles. The normalized spacial score (nSPS) is 11.3. The summed E-state index contributed by atoms with van der Waals surface area (Å²) in [5.74, 6) is 0. The molecule has 0 aliphatic rings. The van der Waals surface area contributed by atoms with E-state index in [2.05, 4.69) is 9.97 Å². The van der Waals surface area contributed by atoms with Crippen LogP contribution in [0, 0.1) is 0 Å². The predicted octanol–water partition coefficient (Wildman–Crippen LogP) is 2.27. The summed E-state index contributed by atoms with van der Waals surface area (Å²) in [6, 6.07) is 16.9. The molecule has 0 amide bonds. The molecule has 0 saturated heterocycles. The fourth-order valence-corrected chi connectivity index (χ4v) is 3.53. The number of sulfone groups is 1. The van der Waals surface area contributed by atoms with Crippen LogP contribution in [-0.2, 0) is 9.84 Å². The third-order valence-corrected chi connectivity index (χ3v) is 4.96. The first kappa shape index (κ1) is 14.2. The lowest BCUT2D eigenvalue weighted by Gasteiger charge is -2.09. The fraction of sp³-hybridized carbons (Fsp3) is 0. The van der Waals surface area contributed by atoms with E-state index in [1.807, 2.05) is 6.07 Å². The second-order valence-corrected chi connectivity index (χ2v) is 6.53. The Morgan fingerprint density at radius 1 is 0.864 bits per heavy atom. The minimum atomic E-state index is -3.77. The van der Waals surface area contributed by atoms with Gasteiger partial charge in [0.05, 0.1) is 16.8 Å². The molecule has 2 aromatic carbocycles. The summed E-state index contributed by atoms with van der Waals surface area (Å²) in [6.07, 6.45) is 1.10. The summed E-state index contributed by atoms with van der Waals surface area (Å²) in [4.78, 5) is 17.7. The molecule has 1 N–H and O–H groups in total. The summed E-state index contributed by atoms with van der Waals surface area (Å²) in [5.41, 5.74) is 0.256. The first-order chi connectivity index (χ1) is 10.6. The number of hydrogen-bond acceptors (Lipinski definition) is 4. The van der Waals surface area contributed by atoms with E-state index in [1.165, 1.54) is 12.1 Å². The first-order valence-corrected chi connectivity index (χ1v) is 8.02. The lowest BCUT2D eigenvalue weighted by molar-refractivity contribution is 0.595. The van der Waals surface area contributed by atoms with E-state index in [-0.39, 0.29) is 15.5 Å². The Bertz CT molecular complexity index is 949. The average molecular weight is 312 g/mol.